The molecule has 1 aromatic carbocycles. The lowest BCUT2D eigenvalue weighted by Gasteiger charge is -2.23. The predicted molar refractivity (Wildman–Crippen MR) is 50.3 cm³/mol. The van der Waals surface area contributed by atoms with Crippen molar-refractivity contribution >= 4 is 0 Å². The fourth-order valence-corrected chi connectivity index (χ4v) is 1.62. The quantitative estimate of drug-likeness (QED) is 0.657. The first-order valence-corrected chi connectivity index (χ1v) is 4.58. The van der Waals surface area contributed by atoms with Crippen molar-refractivity contribution in [3.63, 3.8) is 0 Å². The van der Waals surface area contributed by atoms with Crippen LogP contribution in [-0.2, 0) is 15.3 Å². The Kier molecular flexibility index (Phi) is 2.10. The summed E-state index contributed by atoms with van der Waals surface area (Å²) in [7, 11) is 0. The highest BCUT2D eigenvalue weighted by Gasteiger charge is 2.36. The Balaban J connectivity index is 2.26. The van der Waals surface area contributed by atoms with E-state index in [-0.39, 0.29) is 6.10 Å². The Hall–Kier alpha value is -0.860. The molecule has 0 aliphatic carbocycles. The highest BCUT2D eigenvalue weighted by atomic mass is 16.7. The van der Waals surface area contributed by atoms with Crippen molar-refractivity contribution in [2.75, 3.05) is 6.61 Å². The lowest BCUT2D eigenvalue weighted by molar-refractivity contribution is -0.159. The lowest BCUT2D eigenvalue weighted by atomic mass is 10.1. The van der Waals surface area contributed by atoms with Gasteiger partial charge in [0.2, 0.25) is 0 Å². The van der Waals surface area contributed by atoms with Gasteiger partial charge in [-0.2, -0.15) is 0 Å². The number of hydrogen-bond donors (Lipinski definition) is 0. The van der Waals surface area contributed by atoms with E-state index in [2.05, 4.69) is 0 Å². The average Bonchev–Trinajstić information content (AvgIpc) is 2.49. The molecule has 1 heterocycles. The molecule has 1 aromatic rings. The lowest BCUT2D eigenvalue weighted by Crippen LogP contribution is -2.23. The Labute approximate surface area is 78.5 Å². The van der Waals surface area contributed by atoms with E-state index >= 15 is 0 Å². The number of ether oxygens (including phenoxy) is 2. The van der Waals surface area contributed by atoms with E-state index < -0.39 is 5.79 Å². The maximum absolute atomic E-state index is 5.71. The minimum absolute atomic E-state index is 0.185. The summed E-state index contributed by atoms with van der Waals surface area (Å²) in [6, 6.07) is 10.0. The van der Waals surface area contributed by atoms with Gasteiger partial charge in [-0.15, -0.1) is 0 Å². The summed E-state index contributed by atoms with van der Waals surface area (Å²) >= 11 is 0. The third-order valence-corrected chi connectivity index (χ3v) is 2.32. The van der Waals surface area contributed by atoms with Crippen LogP contribution in [0.15, 0.2) is 30.3 Å². The number of benzene rings is 1. The highest BCUT2D eigenvalue weighted by Crippen LogP contribution is 2.33. The molecule has 2 nitrogen and oxygen atoms in total. The van der Waals surface area contributed by atoms with Crippen molar-refractivity contribution in [3.05, 3.63) is 35.9 Å². The van der Waals surface area contributed by atoms with Crippen molar-refractivity contribution in [2.45, 2.75) is 25.7 Å². The van der Waals surface area contributed by atoms with Crippen LogP contribution in [0.4, 0.5) is 0 Å². The van der Waals surface area contributed by atoms with Crippen LogP contribution in [-0.4, -0.2) is 12.7 Å². The number of hydrogen-bond acceptors (Lipinski definition) is 2. The molecular formula is C11H14O2. The van der Waals surface area contributed by atoms with E-state index in [1.807, 2.05) is 44.2 Å². The van der Waals surface area contributed by atoms with Crippen LogP contribution in [0, 0.1) is 0 Å². The largest absolute Gasteiger partial charge is 0.343 e. The Bertz CT molecular complexity index is 283. The first-order chi connectivity index (χ1) is 6.21. The molecule has 0 radical (unpaired) electrons. The van der Waals surface area contributed by atoms with Gasteiger partial charge in [0.25, 0.3) is 0 Å². The van der Waals surface area contributed by atoms with Gasteiger partial charge in [-0.05, 0) is 13.8 Å². The highest BCUT2D eigenvalue weighted by molar-refractivity contribution is 5.20. The van der Waals surface area contributed by atoms with Crippen LogP contribution in [0.25, 0.3) is 0 Å². The molecule has 70 valence electrons. The van der Waals surface area contributed by atoms with Gasteiger partial charge in [-0.25, -0.2) is 0 Å². The monoisotopic (exact) mass is 178 g/mol. The molecule has 0 unspecified atom stereocenters. The maximum Gasteiger partial charge on any atom is 0.192 e. The minimum atomic E-state index is -0.541. The molecule has 2 atom stereocenters. The molecule has 0 saturated carbocycles. The molecule has 0 amide bonds. The normalized spacial score (nSPS) is 33.5. The van der Waals surface area contributed by atoms with E-state index in [0.29, 0.717) is 6.61 Å². The van der Waals surface area contributed by atoms with Gasteiger partial charge < -0.3 is 9.47 Å². The molecule has 1 aliphatic heterocycles. The van der Waals surface area contributed by atoms with Crippen molar-refractivity contribution in [3.8, 4) is 0 Å². The summed E-state index contributed by atoms with van der Waals surface area (Å²) in [5.41, 5.74) is 1.08. The third-order valence-electron chi connectivity index (χ3n) is 2.32. The van der Waals surface area contributed by atoms with Gasteiger partial charge in [-0.3, -0.25) is 0 Å². The zero-order chi connectivity index (χ0) is 9.31. The number of rotatable bonds is 1. The van der Waals surface area contributed by atoms with Crippen LogP contribution in [0.5, 0.6) is 0 Å². The summed E-state index contributed by atoms with van der Waals surface area (Å²) in [5, 5.41) is 0. The molecule has 13 heavy (non-hydrogen) atoms. The zero-order valence-corrected chi connectivity index (χ0v) is 7.99. The summed E-state index contributed by atoms with van der Waals surface area (Å²) in [4.78, 5) is 0. The summed E-state index contributed by atoms with van der Waals surface area (Å²) in [5.74, 6) is -0.541. The fraction of sp³-hybridized carbons (Fsp3) is 0.455. The van der Waals surface area contributed by atoms with Gasteiger partial charge in [0.1, 0.15) is 0 Å². The standard InChI is InChI=1S/C11H14O2/c1-9-8-12-11(2,13-9)10-6-4-3-5-7-10/h3-7,9H,8H2,1-2H3/t9-,11+/m1/s1. The van der Waals surface area contributed by atoms with Gasteiger partial charge in [0.05, 0.1) is 12.7 Å². The predicted octanol–water partition coefficient (Wildman–Crippen LogP) is 2.29. The summed E-state index contributed by atoms with van der Waals surface area (Å²) in [6.07, 6.45) is 0.185. The molecule has 1 fully saturated rings. The van der Waals surface area contributed by atoms with Crippen LogP contribution in [0.2, 0.25) is 0 Å². The zero-order valence-electron chi connectivity index (χ0n) is 7.99. The second-order valence-electron chi connectivity index (χ2n) is 3.55. The first-order valence-electron chi connectivity index (χ1n) is 4.58. The van der Waals surface area contributed by atoms with Crippen molar-refractivity contribution < 1.29 is 9.47 Å². The van der Waals surface area contributed by atoms with E-state index in [0.717, 1.165) is 5.56 Å². The fourth-order valence-electron chi connectivity index (χ4n) is 1.62. The van der Waals surface area contributed by atoms with Gasteiger partial charge in [-0.1, -0.05) is 30.3 Å². The van der Waals surface area contributed by atoms with E-state index in [1.165, 1.54) is 0 Å². The van der Waals surface area contributed by atoms with E-state index in [1.54, 1.807) is 0 Å². The summed E-state index contributed by atoms with van der Waals surface area (Å²) < 4.78 is 11.3. The topological polar surface area (TPSA) is 18.5 Å². The summed E-state index contributed by atoms with van der Waals surface area (Å²) in [6.45, 7) is 4.66. The van der Waals surface area contributed by atoms with Gasteiger partial charge >= 0.3 is 0 Å². The second-order valence-corrected chi connectivity index (χ2v) is 3.55. The molecule has 0 N–H and O–H groups in total. The molecule has 1 saturated heterocycles. The van der Waals surface area contributed by atoms with Crippen LogP contribution in [0.3, 0.4) is 0 Å². The van der Waals surface area contributed by atoms with E-state index in [9.17, 15) is 0 Å². The second kappa shape index (κ2) is 3.13. The van der Waals surface area contributed by atoms with Crippen molar-refractivity contribution in [1.82, 2.24) is 0 Å². The van der Waals surface area contributed by atoms with Crippen LogP contribution in [0.1, 0.15) is 19.4 Å². The third kappa shape index (κ3) is 1.60. The minimum Gasteiger partial charge on any atom is -0.343 e. The molecule has 0 aromatic heterocycles. The molecule has 1 aliphatic rings. The van der Waals surface area contributed by atoms with Gasteiger partial charge in [0, 0.05) is 5.56 Å². The van der Waals surface area contributed by atoms with Crippen molar-refractivity contribution in [2.24, 2.45) is 0 Å². The Morgan fingerprint density at radius 3 is 2.54 bits per heavy atom. The first kappa shape index (κ1) is 8.73. The SMILES string of the molecule is C[C@@H]1CO[C@](C)(c2ccccc2)O1. The van der Waals surface area contributed by atoms with Crippen LogP contribution >= 0.6 is 0 Å². The molecule has 2 heteroatoms. The maximum atomic E-state index is 5.71. The smallest absolute Gasteiger partial charge is 0.192 e. The molecule has 2 rings (SSSR count). The average molecular weight is 178 g/mol. The Morgan fingerprint density at radius 1 is 1.31 bits per heavy atom. The van der Waals surface area contributed by atoms with Gasteiger partial charge in [0.15, 0.2) is 5.79 Å². The van der Waals surface area contributed by atoms with Crippen LogP contribution < -0.4 is 0 Å². The molecule has 0 spiro atoms. The molecule has 0 bridgehead atoms. The Morgan fingerprint density at radius 2 is 2.00 bits per heavy atom. The van der Waals surface area contributed by atoms with Crippen molar-refractivity contribution in [1.29, 1.82) is 0 Å². The van der Waals surface area contributed by atoms with E-state index in [4.69, 9.17) is 9.47 Å². The molecular weight excluding hydrogens is 164 g/mol.